The van der Waals surface area contributed by atoms with Gasteiger partial charge in [-0.3, -0.25) is 0 Å². The molecule has 0 amide bonds. The number of hydrogen-bond donors (Lipinski definition) is 1. The second-order valence-electron chi connectivity index (χ2n) is 5.74. The van der Waals surface area contributed by atoms with Crippen molar-refractivity contribution >= 4 is 10.0 Å². The highest BCUT2D eigenvalue weighted by molar-refractivity contribution is 7.89. The van der Waals surface area contributed by atoms with E-state index in [1.165, 1.54) is 20.0 Å². The Balaban J connectivity index is 2.13. The maximum absolute atomic E-state index is 11.3. The molecule has 0 aromatic heterocycles. The zero-order chi connectivity index (χ0) is 14.3. The van der Waals surface area contributed by atoms with Gasteiger partial charge in [-0.05, 0) is 38.9 Å². The van der Waals surface area contributed by atoms with Crippen molar-refractivity contribution in [1.82, 2.24) is 14.5 Å². The van der Waals surface area contributed by atoms with Gasteiger partial charge in [0.1, 0.15) is 0 Å². The van der Waals surface area contributed by atoms with Crippen LogP contribution in [0, 0.1) is 5.92 Å². The van der Waals surface area contributed by atoms with Gasteiger partial charge in [-0.15, -0.1) is 0 Å². The lowest BCUT2D eigenvalue weighted by atomic mass is 10.1. The van der Waals surface area contributed by atoms with E-state index in [2.05, 4.69) is 28.4 Å². The van der Waals surface area contributed by atoms with Gasteiger partial charge in [-0.2, -0.15) is 0 Å². The highest BCUT2D eigenvalue weighted by Crippen LogP contribution is 2.07. The molecular formula is C13H29N3O2S. The average molecular weight is 291 g/mol. The zero-order valence-electron chi connectivity index (χ0n) is 12.6. The molecule has 0 unspecified atom stereocenters. The van der Waals surface area contributed by atoms with E-state index in [0.29, 0.717) is 0 Å². The molecule has 6 heteroatoms. The van der Waals surface area contributed by atoms with Crippen molar-refractivity contribution in [3.8, 4) is 0 Å². The lowest BCUT2D eigenvalue weighted by molar-refractivity contribution is 0.128. The number of nitrogens with one attached hydrogen (secondary N) is 1. The van der Waals surface area contributed by atoms with Crippen molar-refractivity contribution in [2.24, 2.45) is 5.92 Å². The lowest BCUT2D eigenvalue weighted by Gasteiger charge is -2.35. The topological polar surface area (TPSA) is 52.7 Å². The number of sulfonamides is 1. The number of rotatable bonds is 8. The summed E-state index contributed by atoms with van der Waals surface area (Å²) in [6, 6.07) is 0. The standard InChI is InChI=1S/C13H29N3O2S/c1-13(2)5-7-16-10-8-15(9-11-16)6-4-12-19(17,18)14-3/h13-14H,4-12H2,1-3H3. The van der Waals surface area contributed by atoms with Crippen LogP contribution in [-0.4, -0.2) is 70.3 Å². The minimum Gasteiger partial charge on any atom is -0.301 e. The first-order valence-corrected chi connectivity index (χ1v) is 8.94. The Hall–Kier alpha value is -0.170. The maximum atomic E-state index is 11.3. The normalized spacial score (nSPS) is 19.2. The van der Waals surface area contributed by atoms with Crippen LogP contribution >= 0.6 is 0 Å². The molecule has 1 rings (SSSR count). The van der Waals surface area contributed by atoms with E-state index in [9.17, 15) is 8.42 Å². The summed E-state index contributed by atoms with van der Waals surface area (Å²) in [5, 5.41) is 0. The fourth-order valence-corrected chi connectivity index (χ4v) is 2.97. The molecule has 1 heterocycles. The summed E-state index contributed by atoms with van der Waals surface area (Å²) >= 11 is 0. The largest absolute Gasteiger partial charge is 0.301 e. The van der Waals surface area contributed by atoms with Crippen LogP contribution in [0.25, 0.3) is 0 Å². The molecule has 0 spiro atoms. The summed E-state index contributed by atoms with van der Waals surface area (Å²) in [5.74, 6) is 1.00. The zero-order valence-corrected chi connectivity index (χ0v) is 13.4. The molecule has 19 heavy (non-hydrogen) atoms. The van der Waals surface area contributed by atoms with Gasteiger partial charge in [-0.1, -0.05) is 13.8 Å². The van der Waals surface area contributed by atoms with Gasteiger partial charge in [-0.25, -0.2) is 13.1 Å². The van der Waals surface area contributed by atoms with Gasteiger partial charge in [0.05, 0.1) is 5.75 Å². The van der Waals surface area contributed by atoms with Crippen LogP contribution in [-0.2, 0) is 10.0 Å². The van der Waals surface area contributed by atoms with E-state index in [1.807, 2.05) is 0 Å². The Bertz CT molecular complexity index is 336. The van der Waals surface area contributed by atoms with Crippen molar-refractivity contribution < 1.29 is 8.42 Å². The van der Waals surface area contributed by atoms with Crippen LogP contribution in [0.3, 0.4) is 0 Å². The van der Waals surface area contributed by atoms with E-state index in [-0.39, 0.29) is 5.75 Å². The summed E-state index contributed by atoms with van der Waals surface area (Å²) in [5.41, 5.74) is 0. The van der Waals surface area contributed by atoms with E-state index < -0.39 is 10.0 Å². The molecule has 0 aromatic rings. The van der Waals surface area contributed by atoms with Crippen molar-refractivity contribution in [2.45, 2.75) is 26.7 Å². The van der Waals surface area contributed by atoms with Crippen LogP contribution in [0.4, 0.5) is 0 Å². The molecule has 0 saturated carbocycles. The second kappa shape index (κ2) is 8.19. The summed E-state index contributed by atoms with van der Waals surface area (Å²) < 4.78 is 25.0. The van der Waals surface area contributed by atoms with Gasteiger partial charge < -0.3 is 9.80 Å². The Morgan fingerprint density at radius 3 is 2.05 bits per heavy atom. The SMILES string of the molecule is CNS(=O)(=O)CCCN1CCN(CCC(C)C)CC1. The summed E-state index contributed by atoms with van der Waals surface area (Å²) in [6.07, 6.45) is 1.98. The van der Waals surface area contributed by atoms with Gasteiger partial charge in [0.25, 0.3) is 0 Å². The van der Waals surface area contributed by atoms with Crippen molar-refractivity contribution in [3.05, 3.63) is 0 Å². The molecule has 1 N–H and O–H groups in total. The van der Waals surface area contributed by atoms with Gasteiger partial charge in [0.2, 0.25) is 10.0 Å². The van der Waals surface area contributed by atoms with Crippen LogP contribution in [0.15, 0.2) is 0 Å². The first kappa shape index (κ1) is 16.9. The highest BCUT2D eigenvalue weighted by Gasteiger charge is 2.17. The smallest absolute Gasteiger partial charge is 0.211 e. The molecule has 0 bridgehead atoms. The van der Waals surface area contributed by atoms with E-state index in [0.717, 1.165) is 45.1 Å². The lowest BCUT2D eigenvalue weighted by Crippen LogP contribution is -2.47. The Morgan fingerprint density at radius 1 is 1.05 bits per heavy atom. The number of nitrogens with zero attached hydrogens (tertiary/aromatic N) is 2. The van der Waals surface area contributed by atoms with Crippen LogP contribution in [0.1, 0.15) is 26.7 Å². The van der Waals surface area contributed by atoms with E-state index in [1.54, 1.807) is 0 Å². The second-order valence-corrected chi connectivity index (χ2v) is 7.79. The minimum atomic E-state index is -3.04. The quantitative estimate of drug-likeness (QED) is 0.711. The summed E-state index contributed by atoms with van der Waals surface area (Å²) in [4.78, 5) is 4.89. The monoisotopic (exact) mass is 291 g/mol. The van der Waals surface area contributed by atoms with Crippen LogP contribution in [0.5, 0.6) is 0 Å². The van der Waals surface area contributed by atoms with E-state index >= 15 is 0 Å². The molecule has 1 saturated heterocycles. The molecule has 1 aliphatic rings. The van der Waals surface area contributed by atoms with Crippen molar-refractivity contribution in [2.75, 3.05) is 52.1 Å². The molecule has 0 radical (unpaired) electrons. The molecular weight excluding hydrogens is 262 g/mol. The molecule has 0 aliphatic carbocycles. The third kappa shape index (κ3) is 7.25. The van der Waals surface area contributed by atoms with Crippen LogP contribution < -0.4 is 4.72 Å². The summed E-state index contributed by atoms with van der Waals surface area (Å²) in [6.45, 7) is 11.0. The first-order valence-electron chi connectivity index (χ1n) is 7.29. The molecule has 1 fully saturated rings. The molecule has 0 aromatic carbocycles. The highest BCUT2D eigenvalue weighted by atomic mass is 32.2. The third-order valence-corrected chi connectivity index (χ3v) is 5.13. The predicted octanol–water partition coefficient (Wildman–Crippen LogP) is 0.589. The summed E-state index contributed by atoms with van der Waals surface area (Å²) in [7, 11) is -1.56. The molecule has 1 aliphatic heterocycles. The molecule has 114 valence electrons. The van der Waals surface area contributed by atoms with Gasteiger partial charge in [0, 0.05) is 26.2 Å². The fraction of sp³-hybridized carbons (Fsp3) is 1.00. The molecule has 5 nitrogen and oxygen atoms in total. The van der Waals surface area contributed by atoms with Crippen LogP contribution in [0.2, 0.25) is 0 Å². The Morgan fingerprint density at radius 2 is 1.58 bits per heavy atom. The fourth-order valence-electron chi connectivity index (χ4n) is 2.26. The Labute approximate surface area is 118 Å². The first-order chi connectivity index (χ1) is 8.93. The molecule has 0 atom stereocenters. The van der Waals surface area contributed by atoms with Gasteiger partial charge in [0.15, 0.2) is 0 Å². The van der Waals surface area contributed by atoms with Crippen molar-refractivity contribution in [3.63, 3.8) is 0 Å². The van der Waals surface area contributed by atoms with Gasteiger partial charge >= 0.3 is 0 Å². The number of piperazine rings is 1. The van der Waals surface area contributed by atoms with E-state index in [4.69, 9.17) is 0 Å². The maximum Gasteiger partial charge on any atom is 0.211 e. The minimum absolute atomic E-state index is 0.233. The Kier molecular flexibility index (Phi) is 7.28. The average Bonchev–Trinajstić information content (AvgIpc) is 2.37. The predicted molar refractivity (Wildman–Crippen MR) is 79.8 cm³/mol. The third-order valence-electron chi connectivity index (χ3n) is 3.69. The van der Waals surface area contributed by atoms with Crippen molar-refractivity contribution in [1.29, 1.82) is 0 Å². The number of hydrogen-bond acceptors (Lipinski definition) is 4.